The predicted octanol–water partition coefficient (Wildman–Crippen LogP) is 3.21. The van der Waals surface area contributed by atoms with Crippen molar-refractivity contribution < 1.29 is 14.5 Å². The van der Waals surface area contributed by atoms with Crippen LogP contribution in [0.3, 0.4) is 0 Å². The molecule has 0 amide bonds. The zero-order valence-corrected chi connectivity index (χ0v) is 11.7. The fraction of sp³-hybridized carbons (Fsp3) is 0.500. The molecule has 0 aliphatic carbocycles. The summed E-state index contributed by atoms with van der Waals surface area (Å²) in [5.41, 5.74) is 1.26. The molecule has 5 nitrogen and oxygen atoms in total. The average Bonchev–Trinajstić information content (AvgIpc) is 2.37. The van der Waals surface area contributed by atoms with Crippen LogP contribution >= 0.6 is 0 Å². The Morgan fingerprint density at radius 3 is 2.53 bits per heavy atom. The Balaban J connectivity index is 2.83. The van der Waals surface area contributed by atoms with E-state index in [4.69, 9.17) is 4.74 Å². The molecule has 1 rings (SSSR count). The highest BCUT2D eigenvalue weighted by Crippen LogP contribution is 2.27. The number of aryl methyl sites for hydroxylation is 2. The van der Waals surface area contributed by atoms with E-state index in [1.807, 2.05) is 13.8 Å². The van der Waals surface area contributed by atoms with Crippen LogP contribution in [-0.2, 0) is 4.79 Å². The number of ether oxygens (including phenoxy) is 1. The normalized spacial score (nSPS) is 12.0. The summed E-state index contributed by atoms with van der Waals surface area (Å²) >= 11 is 0. The zero-order chi connectivity index (χ0) is 14.6. The molecule has 19 heavy (non-hydrogen) atoms. The predicted molar refractivity (Wildman–Crippen MR) is 72.5 cm³/mol. The van der Waals surface area contributed by atoms with Crippen LogP contribution in [0, 0.1) is 29.9 Å². The van der Waals surface area contributed by atoms with Crippen LogP contribution < -0.4 is 4.74 Å². The van der Waals surface area contributed by atoms with E-state index in [9.17, 15) is 14.9 Å². The summed E-state index contributed by atoms with van der Waals surface area (Å²) in [6, 6.07) is 3.08. The molecule has 1 unspecified atom stereocenters. The van der Waals surface area contributed by atoms with Gasteiger partial charge in [-0.2, -0.15) is 0 Å². The molecule has 0 radical (unpaired) electrons. The topological polar surface area (TPSA) is 69.4 Å². The maximum atomic E-state index is 11.7. The zero-order valence-electron chi connectivity index (χ0n) is 11.7. The van der Waals surface area contributed by atoms with Crippen LogP contribution in [0.25, 0.3) is 0 Å². The van der Waals surface area contributed by atoms with E-state index in [1.165, 1.54) is 6.07 Å². The van der Waals surface area contributed by atoms with Crippen LogP contribution in [0.5, 0.6) is 5.75 Å². The lowest BCUT2D eigenvalue weighted by Gasteiger charge is -2.12. The first-order chi connectivity index (χ1) is 8.86. The molecule has 0 N–H and O–H groups in total. The fourth-order valence-corrected chi connectivity index (χ4v) is 1.65. The molecular formula is C14H19NO4. The molecule has 1 atom stereocenters. The van der Waals surface area contributed by atoms with Gasteiger partial charge < -0.3 is 4.74 Å². The van der Waals surface area contributed by atoms with Crippen LogP contribution in [0.4, 0.5) is 5.69 Å². The van der Waals surface area contributed by atoms with Crippen molar-refractivity contribution in [1.82, 2.24) is 0 Å². The molecule has 1 aromatic rings. The molecule has 0 saturated heterocycles. The second-order valence-corrected chi connectivity index (χ2v) is 4.73. The number of nitro benzene ring substituents is 1. The van der Waals surface area contributed by atoms with Gasteiger partial charge in [0.05, 0.1) is 4.92 Å². The molecule has 0 heterocycles. The van der Waals surface area contributed by atoms with Crippen molar-refractivity contribution in [2.45, 2.75) is 34.1 Å². The highest BCUT2D eigenvalue weighted by Gasteiger charge is 2.16. The minimum atomic E-state index is -0.420. The van der Waals surface area contributed by atoms with Crippen molar-refractivity contribution in [3.05, 3.63) is 33.4 Å². The molecule has 0 aliphatic rings. The van der Waals surface area contributed by atoms with Crippen molar-refractivity contribution >= 4 is 11.5 Å². The lowest BCUT2D eigenvalue weighted by Crippen LogP contribution is -2.19. The van der Waals surface area contributed by atoms with E-state index in [2.05, 4.69) is 0 Å². The molecule has 5 heteroatoms. The minimum Gasteiger partial charge on any atom is -0.486 e. The largest absolute Gasteiger partial charge is 0.486 e. The second-order valence-electron chi connectivity index (χ2n) is 4.73. The van der Waals surface area contributed by atoms with Crippen molar-refractivity contribution in [1.29, 1.82) is 0 Å². The molecule has 0 spiro atoms. The first kappa shape index (κ1) is 15.1. The van der Waals surface area contributed by atoms with Gasteiger partial charge in [0, 0.05) is 17.5 Å². The molecule has 0 fully saturated rings. The van der Waals surface area contributed by atoms with Gasteiger partial charge in [-0.3, -0.25) is 14.9 Å². The minimum absolute atomic E-state index is 0.00704. The Morgan fingerprint density at radius 2 is 2.00 bits per heavy atom. The lowest BCUT2D eigenvalue weighted by atomic mass is 10.0. The Morgan fingerprint density at radius 1 is 1.37 bits per heavy atom. The van der Waals surface area contributed by atoms with Crippen LogP contribution in [0.1, 0.15) is 31.4 Å². The number of benzene rings is 1. The third-order valence-electron chi connectivity index (χ3n) is 3.22. The SMILES string of the molecule is CCC(C)C(=O)COc1cc(C)c([N+](=O)[O-])cc1C. The molecule has 0 bridgehead atoms. The van der Waals surface area contributed by atoms with Gasteiger partial charge in [-0.25, -0.2) is 0 Å². The third kappa shape index (κ3) is 3.77. The summed E-state index contributed by atoms with van der Waals surface area (Å²) in [7, 11) is 0. The molecule has 1 aromatic carbocycles. The summed E-state index contributed by atoms with van der Waals surface area (Å²) in [5, 5.41) is 10.8. The van der Waals surface area contributed by atoms with Crippen LogP contribution in [0.15, 0.2) is 12.1 Å². The molecule has 0 aromatic heterocycles. The average molecular weight is 265 g/mol. The summed E-state index contributed by atoms with van der Waals surface area (Å²) in [6.07, 6.45) is 0.778. The Labute approximate surface area is 112 Å². The first-order valence-electron chi connectivity index (χ1n) is 6.28. The van der Waals surface area contributed by atoms with Gasteiger partial charge in [-0.15, -0.1) is 0 Å². The van der Waals surface area contributed by atoms with Gasteiger partial charge in [0.25, 0.3) is 5.69 Å². The Bertz CT molecular complexity index is 496. The van der Waals surface area contributed by atoms with Crippen LogP contribution in [0.2, 0.25) is 0 Å². The van der Waals surface area contributed by atoms with E-state index in [-0.39, 0.29) is 24.0 Å². The lowest BCUT2D eigenvalue weighted by molar-refractivity contribution is -0.385. The standard InChI is InChI=1S/C14H19NO4/c1-5-9(2)13(16)8-19-14-7-10(3)12(15(17)18)6-11(14)4/h6-7,9H,5,8H2,1-4H3. The van der Waals surface area contributed by atoms with E-state index in [0.29, 0.717) is 16.9 Å². The van der Waals surface area contributed by atoms with E-state index < -0.39 is 4.92 Å². The van der Waals surface area contributed by atoms with E-state index in [1.54, 1.807) is 19.9 Å². The highest BCUT2D eigenvalue weighted by atomic mass is 16.6. The van der Waals surface area contributed by atoms with Gasteiger partial charge in [-0.05, 0) is 31.9 Å². The number of nitro groups is 1. The maximum Gasteiger partial charge on any atom is 0.272 e. The number of hydrogen-bond donors (Lipinski definition) is 0. The van der Waals surface area contributed by atoms with Crippen molar-refractivity contribution in [3.63, 3.8) is 0 Å². The summed E-state index contributed by atoms with van der Waals surface area (Å²) < 4.78 is 5.46. The summed E-state index contributed by atoms with van der Waals surface area (Å²) in [5.74, 6) is 0.539. The summed E-state index contributed by atoms with van der Waals surface area (Å²) in [6.45, 7) is 7.20. The van der Waals surface area contributed by atoms with Gasteiger partial charge in [0.15, 0.2) is 5.78 Å². The number of carbonyl (C=O) groups is 1. The van der Waals surface area contributed by atoms with E-state index >= 15 is 0 Å². The smallest absolute Gasteiger partial charge is 0.272 e. The molecular weight excluding hydrogens is 246 g/mol. The van der Waals surface area contributed by atoms with Crippen LogP contribution in [-0.4, -0.2) is 17.3 Å². The third-order valence-corrected chi connectivity index (χ3v) is 3.22. The fourth-order valence-electron chi connectivity index (χ4n) is 1.65. The number of Topliss-reactive ketones (excluding diaryl/α,β-unsaturated/α-hetero) is 1. The summed E-state index contributed by atoms with van der Waals surface area (Å²) in [4.78, 5) is 22.1. The number of carbonyl (C=O) groups excluding carboxylic acids is 1. The highest BCUT2D eigenvalue weighted by molar-refractivity contribution is 5.82. The maximum absolute atomic E-state index is 11.7. The van der Waals surface area contributed by atoms with Gasteiger partial charge in [-0.1, -0.05) is 13.8 Å². The number of nitrogens with zero attached hydrogens (tertiary/aromatic N) is 1. The monoisotopic (exact) mass is 265 g/mol. The number of rotatable bonds is 6. The number of hydrogen-bond acceptors (Lipinski definition) is 4. The molecule has 104 valence electrons. The quantitative estimate of drug-likeness (QED) is 0.585. The van der Waals surface area contributed by atoms with Gasteiger partial charge in [0.1, 0.15) is 12.4 Å². The van der Waals surface area contributed by atoms with Crippen molar-refractivity contribution in [2.75, 3.05) is 6.61 Å². The van der Waals surface area contributed by atoms with Crippen molar-refractivity contribution in [2.24, 2.45) is 5.92 Å². The van der Waals surface area contributed by atoms with Gasteiger partial charge in [0.2, 0.25) is 0 Å². The van der Waals surface area contributed by atoms with Crippen molar-refractivity contribution in [3.8, 4) is 5.75 Å². The second kappa shape index (κ2) is 6.31. The first-order valence-corrected chi connectivity index (χ1v) is 6.28. The number of ketones is 1. The van der Waals surface area contributed by atoms with E-state index in [0.717, 1.165) is 6.42 Å². The Hall–Kier alpha value is -1.91. The van der Waals surface area contributed by atoms with Gasteiger partial charge >= 0.3 is 0 Å². The molecule has 0 saturated carbocycles. The molecule has 0 aliphatic heterocycles. The Kier molecular flexibility index (Phi) is 5.03.